The molecule has 0 spiro atoms. The minimum absolute atomic E-state index is 0.0642. The van der Waals surface area contributed by atoms with Gasteiger partial charge in [0.25, 0.3) is 0 Å². The third kappa shape index (κ3) is 10.5. The maximum absolute atomic E-state index is 12.2. The van der Waals surface area contributed by atoms with Gasteiger partial charge in [-0.1, -0.05) is 43.7 Å². The second-order valence-corrected chi connectivity index (χ2v) is 23.4. The first-order valence-electron chi connectivity index (χ1n) is 21.6. The highest BCUT2D eigenvalue weighted by Crippen LogP contribution is 2.49. The molecule has 0 radical (unpaired) electrons. The molecular weight excluding hydrogens is 872 g/mol. The normalized spacial score (nSPS) is 19.0. The lowest BCUT2D eigenvalue weighted by atomic mass is 9.79. The Bertz CT molecular complexity index is 2770. The molecule has 2 heterocycles. The van der Waals surface area contributed by atoms with Crippen molar-refractivity contribution in [3.05, 3.63) is 123 Å². The zero-order chi connectivity index (χ0) is 47.4. The number of fused-ring (bicyclic) bond motifs is 2. The number of hydrogen-bond donors (Lipinski definition) is 1. The summed E-state index contributed by atoms with van der Waals surface area (Å²) in [5.41, 5.74) is 7.30. The van der Waals surface area contributed by atoms with Gasteiger partial charge in [0.1, 0.15) is 20.2 Å². The number of hydrogen-bond acceptors (Lipinski definition) is 8. The van der Waals surface area contributed by atoms with Crippen LogP contribution in [0, 0.1) is 0 Å². The van der Waals surface area contributed by atoms with Crippen LogP contribution in [0.2, 0.25) is 5.02 Å². The fourth-order valence-electron chi connectivity index (χ4n) is 9.32. The van der Waals surface area contributed by atoms with Gasteiger partial charge in [-0.05, 0) is 104 Å². The van der Waals surface area contributed by atoms with Gasteiger partial charge in [-0.2, -0.15) is 4.58 Å². The average molecular weight is 935 g/mol. The minimum atomic E-state index is -4.70. The number of carboxylic acids is 1. The number of halogens is 1. The van der Waals surface area contributed by atoms with Gasteiger partial charge in [0, 0.05) is 58.1 Å². The Balaban J connectivity index is 1.53. The number of anilines is 1. The zero-order valence-electron chi connectivity index (χ0n) is 38.7. The summed E-state index contributed by atoms with van der Waals surface area (Å²) in [5.74, 6) is -1.09. The molecule has 64 heavy (non-hydrogen) atoms. The Hall–Kier alpha value is -4.41. The number of quaternary nitrogens is 2. The van der Waals surface area contributed by atoms with E-state index in [1.807, 2.05) is 27.7 Å². The number of rotatable bonds is 15. The monoisotopic (exact) mass is 933 g/mol. The highest BCUT2D eigenvalue weighted by atomic mass is 35.5. The number of carboxylic acid groups (broad SMARTS) is 1. The number of allylic oxidation sites excluding steroid dienone is 8. The predicted octanol–water partition coefficient (Wildman–Crippen LogP) is 8.22. The molecule has 3 aromatic carbocycles. The van der Waals surface area contributed by atoms with E-state index in [0.29, 0.717) is 31.5 Å². The molecular formula is C49H62ClN4O8S2+. The molecule has 3 aromatic rings. The lowest BCUT2D eigenvalue weighted by Gasteiger charge is -2.29. The first kappa shape index (κ1) is 49.0. The first-order chi connectivity index (χ1) is 29.5. The van der Waals surface area contributed by atoms with Crippen LogP contribution in [0.3, 0.4) is 0 Å². The summed E-state index contributed by atoms with van der Waals surface area (Å²) in [6, 6.07) is 14.0. The molecule has 344 valence electrons. The summed E-state index contributed by atoms with van der Waals surface area (Å²) in [5, 5.41) is 10.1. The quantitative estimate of drug-likeness (QED) is 0.0901. The van der Waals surface area contributed by atoms with Gasteiger partial charge < -0.3 is 28.1 Å². The molecule has 0 bridgehead atoms. The van der Waals surface area contributed by atoms with Gasteiger partial charge in [0.05, 0.1) is 82.6 Å². The lowest BCUT2D eigenvalue weighted by Crippen LogP contribution is -2.37. The van der Waals surface area contributed by atoms with E-state index in [2.05, 4.69) is 76.1 Å². The number of carbonyl (C=O) groups is 1. The molecule has 0 saturated carbocycles. The van der Waals surface area contributed by atoms with Crippen LogP contribution in [-0.4, -0.2) is 125 Å². The molecule has 3 aliphatic rings. The van der Waals surface area contributed by atoms with Crippen molar-refractivity contribution in [1.29, 1.82) is 0 Å². The molecule has 12 nitrogen and oxygen atoms in total. The third-order valence-electron chi connectivity index (χ3n) is 12.6. The molecule has 1 aliphatic carbocycles. The fourth-order valence-corrected chi connectivity index (χ4v) is 10.6. The molecule has 0 aromatic heterocycles. The van der Waals surface area contributed by atoms with Gasteiger partial charge in [-0.3, -0.25) is 0 Å². The van der Waals surface area contributed by atoms with Gasteiger partial charge in [0.2, 0.25) is 5.69 Å². The van der Waals surface area contributed by atoms with Crippen LogP contribution >= 0.6 is 11.6 Å². The Morgan fingerprint density at radius 3 is 2.00 bits per heavy atom. The first-order valence-corrected chi connectivity index (χ1v) is 24.8. The van der Waals surface area contributed by atoms with E-state index in [9.17, 15) is 35.8 Å². The van der Waals surface area contributed by atoms with Crippen LogP contribution in [0.15, 0.2) is 106 Å². The maximum atomic E-state index is 12.2. The summed E-state index contributed by atoms with van der Waals surface area (Å²) >= 11 is 7.00. The van der Waals surface area contributed by atoms with E-state index in [0.717, 1.165) is 91.9 Å². The van der Waals surface area contributed by atoms with Gasteiger partial charge in [-0.25, -0.2) is 21.6 Å². The van der Waals surface area contributed by atoms with Crippen molar-refractivity contribution in [1.82, 2.24) is 0 Å². The van der Waals surface area contributed by atoms with Crippen LogP contribution in [0.4, 0.5) is 11.4 Å². The predicted molar refractivity (Wildman–Crippen MR) is 252 cm³/mol. The number of nitrogens with zero attached hydrogens (tertiary/aromatic N) is 4. The van der Waals surface area contributed by atoms with Crippen molar-refractivity contribution >= 4 is 60.5 Å². The van der Waals surface area contributed by atoms with Crippen molar-refractivity contribution in [3.8, 4) is 0 Å². The molecule has 0 amide bonds. The smallest absolute Gasteiger partial charge is 0.335 e. The molecule has 0 saturated heterocycles. The number of benzene rings is 3. The average Bonchev–Trinajstić information content (AvgIpc) is 3.51. The number of aromatic carboxylic acids is 1. The zero-order valence-corrected chi connectivity index (χ0v) is 41.0. The van der Waals surface area contributed by atoms with E-state index in [-0.39, 0.29) is 20.4 Å². The van der Waals surface area contributed by atoms with E-state index in [1.54, 1.807) is 24.3 Å². The Labute approximate surface area is 384 Å². The van der Waals surface area contributed by atoms with E-state index in [1.165, 1.54) is 30.3 Å². The van der Waals surface area contributed by atoms with Crippen molar-refractivity contribution in [2.24, 2.45) is 0 Å². The summed E-state index contributed by atoms with van der Waals surface area (Å²) in [7, 11) is 3.43. The molecule has 0 atom stereocenters. The van der Waals surface area contributed by atoms with Crippen molar-refractivity contribution in [3.63, 3.8) is 0 Å². The topological polar surface area (TPSA) is 158 Å². The summed E-state index contributed by atoms with van der Waals surface area (Å²) in [6.45, 7) is 11.2. The molecule has 1 N–H and O–H groups in total. The second-order valence-electron chi connectivity index (χ2n) is 20.3. The summed E-state index contributed by atoms with van der Waals surface area (Å²) < 4.78 is 77.0. The maximum Gasteiger partial charge on any atom is 0.335 e. The molecule has 6 rings (SSSR count). The largest absolute Gasteiger partial charge is 0.744 e. The van der Waals surface area contributed by atoms with E-state index >= 15 is 0 Å². The van der Waals surface area contributed by atoms with Crippen LogP contribution in [0.5, 0.6) is 0 Å². The molecule has 0 unspecified atom stereocenters. The second kappa shape index (κ2) is 17.8. The summed E-state index contributed by atoms with van der Waals surface area (Å²) in [6.07, 6.45) is 12.2. The lowest BCUT2D eigenvalue weighted by molar-refractivity contribution is -0.871. The summed E-state index contributed by atoms with van der Waals surface area (Å²) in [4.78, 5) is 13.7. The Morgan fingerprint density at radius 1 is 0.797 bits per heavy atom. The fraction of sp³-hybridized carbons (Fsp3) is 0.429. The SMILES string of the molecule is CC1(C)C(/C=C/C2=C(c3ccc(C(=O)O)cc3Cl)C(=C/C=C3/N(CCC[N+](C)(C)C)c4ccc(S(=O)(=O)[O-])cc4C3(C)C)/CCC2)=[N+](CCC[N+](C)(C)C)c2ccc(S(=O)(=O)[O-])cc21. The molecule has 15 heteroatoms. The van der Waals surface area contributed by atoms with Gasteiger partial charge in [0.15, 0.2) is 12.3 Å². The van der Waals surface area contributed by atoms with Crippen LogP contribution in [0.1, 0.15) is 86.8 Å². The minimum Gasteiger partial charge on any atom is -0.744 e. The highest BCUT2D eigenvalue weighted by Gasteiger charge is 2.45. The Morgan fingerprint density at radius 2 is 1.41 bits per heavy atom. The van der Waals surface area contributed by atoms with Crippen LogP contribution < -0.4 is 4.90 Å². The van der Waals surface area contributed by atoms with Crippen molar-refractivity contribution in [2.45, 2.75) is 80.4 Å². The standard InChI is InChI=1S/C49H61ClN4O8S2/c1-48(2)39-31-36(63(57,58)59)19-22-42(39)51(26-12-28-53(5,6)7)44(48)24-17-33-14-11-15-34(46(33)38-21-16-35(47(55)56)30-41(38)50)18-25-45-49(3,4)40-32-37(64(60,61)62)20-23-43(40)52(45)27-13-29-54(8,9)10/h16-25,30-32H,11-15,26-29H2,1-10H3/p+1. The van der Waals surface area contributed by atoms with Crippen LogP contribution in [0.25, 0.3) is 5.57 Å². The van der Waals surface area contributed by atoms with Gasteiger partial charge >= 0.3 is 5.97 Å². The van der Waals surface area contributed by atoms with Gasteiger partial charge in [-0.15, -0.1) is 0 Å². The third-order valence-corrected chi connectivity index (χ3v) is 14.6. The molecule has 0 fully saturated rings. The van der Waals surface area contributed by atoms with E-state index < -0.39 is 37.0 Å². The highest BCUT2D eigenvalue weighted by molar-refractivity contribution is 7.86. The molecule has 2 aliphatic heterocycles. The van der Waals surface area contributed by atoms with Crippen LogP contribution in [-0.2, 0) is 31.1 Å². The van der Waals surface area contributed by atoms with Crippen molar-refractivity contribution in [2.75, 3.05) is 73.4 Å². The van der Waals surface area contributed by atoms with Crippen molar-refractivity contribution < 1.29 is 49.4 Å². The Kier molecular flexibility index (Phi) is 13.6. The van der Waals surface area contributed by atoms with E-state index in [4.69, 9.17) is 11.6 Å².